The maximum Gasteiger partial charge on any atom is 0.146 e. The lowest BCUT2D eigenvalue weighted by Gasteiger charge is -2.20. The molecular weight excluding hydrogens is 174 g/mol. The number of ketones is 1. The molecule has 1 unspecified atom stereocenters. The Balaban J connectivity index is 3.65. The molecule has 0 saturated heterocycles. The summed E-state index contributed by atoms with van der Waals surface area (Å²) in [7, 11) is 0. The third-order valence-electron chi connectivity index (χ3n) is 2.17. The molecule has 0 aliphatic heterocycles. The fraction of sp³-hybridized carbons (Fsp3) is 0.917. The van der Waals surface area contributed by atoms with Gasteiger partial charge in [-0.3, -0.25) is 4.79 Å². The normalized spacial score (nSPS) is 14.1. The average molecular weight is 199 g/mol. The van der Waals surface area contributed by atoms with E-state index in [9.17, 15) is 4.79 Å². The molecule has 1 N–H and O–H groups in total. The van der Waals surface area contributed by atoms with E-state index >= 15 is 0 Å². The number of hydrogen-bond acceptors (Lipinski definition) is 2. The molecular formula is C12H25NO. The van der Waals surface area contributed by atoms with E-state index in [1.54, 1.807) is 0 Å². The van der Waals surface area contributed by atoms with E-state index in [0.29, 0.717) is 18.2 Å². The van der Waals surface area contributed by atoms with Crippen molar-refractivity contribution in [3.63, 3.8) is 0 Å². The van der Waals surface area contributed by atoms with Gasteiger partial charge < -0.3 is 5.32 Å². The molecule has 1 atom stereocenters. The summed E-state index contributed by atoms with van der Waals surface area (Å²) >= 11 is 0. The first-order valence-corrected chi connectivity index (χ1v) is 5.62. The Morgan fingerprint density at radius 1 is 1.36 bits per heavy atom. The molecule has 2 nitrogen and oxygen atoms in total. The van der Waals surface area contributed by atoms with Gasteiger partial charge in [-0.2, -0.15) is 0 Å². The lowest BCUT2D eigenvalue weighted by molar-refractivity contribution is -0.119. The van der Waals surface area contributed by atoms with Crippen LogP contribution in [0, 0.1) is 5.92 Å². The summed E-state index contributed by atoms with van der Waals surface area (Å²) in [5, 5.41) is 3.22. The Hall–Kier alpha value is -0.370. The minimum absolute atomic E-state index is 0.0453. The highest BCUT2D eigenvalue weighted by Crippen LogP contribution is 2.10. The van der Waals surface area contributed by atoms with Crippen LogP contribution in [0.15, 0.2) is 0 Å². The molecule has 0 radical (unpaired) electrons. The Bertz CT molecular complexity index is 170. The Morgan fingerprint density at radius 3 is 2.36 bits per heavy atom. The largest absolute Gasteiger partial charge is 0.305 e. The predicted octanol–water partition coefficient (Wildman–Crippen LogP) is 2.77. The molecule has 2 heteroatoms. The van der Waals surface area contributed by atoms with Crippen molar-refractivity contribution in [2.24, 2.45) is 5.92 Å². The fourth-order valence-corrected chi connectivity index (χ4v) is 1.42. The van der Waals surface area contributed by atoms with Gasteiger partial charge in [-0.1, -0.05) is 26.7 Å². The van der Waals surface area contributed by atoms with Gasteiger partial charge >= 0.3 is 0 Å². The van der Waals surface area contributed by atoms with Crippen molar-refractivity contribution in [1.82, 2.24) is 5.32 Å². The van der Waals surface area contributed by atoms with Gasteiger partial charge in [0.25, 0.3) is 0 Å². The van der Waals surface area contributed by atoms with Gasteiger partial charge in [-0.15, -0.1) is 0 Å². The Kier molecular flexibility index (Phi) is 6.01. The number of Topliss-reactive ketones (excluding diaryl/α,β-unsaturated/α-hetero) is 1. The molecule has 0 aliphatic rings. The zero-order valence-electron chi connectivity index (χ0n) is 10.3. The summed E-state index contributed by atoms with van der Waals surface area (Å²) in [6, 6.07) is 0. The third-order valence-corrected chi connectivity index (χ3v) is 2.17. The minimum Gasteiger partial charge on any atom is -0.305 e. The summed E-state index contributed by atoms with van der Waals surface area (Å²) in [5.41, 5.74) is 0.0453. The van der Waals surface area contributed by atoms with Gasteiger partial charge in [0.05, 0.1) is 6.54 Å². The lowest BCUT2D eigenvalue weighted by atomic mass is 9.99. The fourth-order valence-electron chi connectivity index (χ4n) is 1.42. The molecule has 0 aromatic carbocycles. The van der Waals surface area contributed by atoms with Crippen molar-refractivity contribution in [2.75, 3.05) is 6.54 Å². The molecule has 0 bridgehead atoms. The van der Waals surface area contributed by atoms with Crippen LogP contribution in [-0.2, 0) is 4.79 Å². The zero-order chi connectivity index (χ0) is 11.2. The molecule has 84 valence electrons. The summed E-state index contributed by atoms with van der Waals surface area (Å²) < 4.78 is 0. The topological polar surface area (TPSA) is 29.1 Å². The van der Waals surface area contributed by atoms with E-state index in [2.05, 4.69) is 39.9 Å². The van der Waals surface area contributed by atoms with Crippen molar-refractivity contribution in [3.05, 3.63) is 0 Å². The highest BCUT2D eigenvalue weighted by molar-refractivity contribution is 5.80. The Morgan fingerprint density at radius 2 is 1.93 bits per heavy atom. The number of carbonyl (C=O) groups excluding carboxylic acids is 1. The van der Waals surface area contributed by atoms with Crippen LogP contribution in [0.1, 0.15) is 53.9 Å². The molecule has 0 aromatic heterocycles. The van der Waals surface area contributed by atoms with Crippen molar-refractivity contribution >= 4 is 5.78 Å². The van der Waals surface area contributed by atoms with Crippen LogP contribution in [0.4, 0.5) is 0 Å². The predicted molar refractivity (Wildman–Crippen MR) is 61.5 cm³/mol. The van der Waals surface area contributed by atoms with Gasteiger partial charge in [-0.25, -0.2) is 0 Å². The summed E-state index contributed by atoms with van der Waals surface area (Å²) in [4.78, 5) is 11.5. The third kappa shape index (κ3) is 8.24. The molecule has 0 saturated carbocycles. The van der Waals surface area contributed by atoms with Crippen molar-refractivity contribution in [2.45, 2.75) is 59.4 Å². The van der Waals surface area contributed by atoms with Gasteiger partial charge in [0.1, 0.15) is 5.78 Å². The molecule has 0 rings (SSSR count). The van der Waals surface area contributed by atoms with Gasteiger partial charge in [0, 0.05) is 12.0 Å². The molecule has 0 amide bonds. The maximum atomic E-state index is 11.5. The van der Waals surface area contributed by atoms with Crippen molar-refractivity contribution in [3.8, 4) is 0 Å². The van der Waals surface area contributed by atoms with Gasteiger partial charge in [0.2, 0.25) is 0 Å². The van der Waals surface area contributed by atoms with Gasteiger partial charge in [0.15, 0.2) is 0 Å². The minimum atomic E-state index is 0.0453. The lowest BCUT2D eigenvalue weighted by Crippen LogP contribution is -2.39. The molecule has 14 heavy (non-hydrogen) atoms. The monoisotopic (exact) mass is 199 g/mol. The second-order valence-electron chi connectivity index (χ2n) is 5.24. The molecule has 0 aliphatic carbocycles. The average Bonchev–Trinajstić information content (AvgIpc) is 2.00. The first-order chi connectivity index (χ1) is 6.35. The highest BCUT2D eigenvalue weighted by atomic mass is 16.1. The molecule has 0 fully saturated rings. The van der Waals surface area contributed by atoms with Crippen LogP contribution in [0.3, 0.4) is 0 Å². The first kappa shape index (κ1) is 13.6. The standard InChI is InChI=1S/C12H25NO/c1-6-7-10(2)8-11(14)9-13-12(3,4)5/h10,13H,6-9H2,1-5H3. The van der Waals surface area contributed by atoms with Crippen LogP contribution >= 0.6 is 0 Å². The van der Waals surface area contributed by atoms with Crippen LogP contribution in [-0.4, -0.2) is 17.9 Å². The summed E-state index contributed by atoms with van der Waals surface area (Å²) in [6.45, 7) is 11.1. The Labute approximate surface area is 88.5 Å². The zero-order valence-corrected chi connectivity index (χ0v) is 10.3. The summed E-state index contributed by atoms with van der Waals surface area (Å²) in [5.74, 6) is 0.871. The second-order valence-corrected chi connectivity index (χ2v) is 5.24. The summed E-state index contributed by atoms with van der Waals surface area (Å²) in [6.07, 6.45) is 3.04. The van der Waals surface area contributed by atoms with Gasteiger partial charge in [-0.05, 0) is 26.7 Å². The van der Waals surface area contributed by atoms with Crippen molar-refractivity contribution in [1.29, 1.82) is 0 Å². The molecule has 0 spiro atoms. The van der Waals surface area contributed by atoms with E-state index in [1.165, 1.54) is 6.42 Å². The number of rotatable bonds is 6. The van der Waals surface area contributed by atoms with E-state index in [-0.39, 0.29) is 5.54 Å². The first-order valence-electron chi connectivity index (χ1n) is 5.62. The van der Waals surface area contributed by atoms with Crippen LogP contribution in [0.25, 0.3) is 0 Å². The van der Waals surface area contributed by atoms with E-state index in [4.69, 9.17) is 0 Å². The highest BCUT2D eigenvalue weighted by Gasteiger charge is 2.13. The SMILES string of the molecule is CCCC(C)CC(=O)CNC(C)(C)C. The van der Waals surface area contributed by atoms with Crippen LogP contribution in [0.2, 0.25) is 0 Å². The van der Waals surface area contributed by atoms with E-state index in [0.717, 1.165) is 12.8 Å². The van der Waals surface area contributed by atoms with Crippen LogP contribution in [0.5, 0.6) is 0 Å². The van der Waals surface area contributed by atoms with E-state index in [1.807, 2.05) is 0 Å². The number of hydrogen-bond donors (Lipinski definition) is 1. The van der Waals surface area contributed by atoms with E-state index < -0.39 is 0 Å². The number of nitrogens with one attached hydrogen (secondary N) is 1. The molecule has 0 heterocycles. The number of carbonyl (C=O) groups is 1. The molecule has 0 aromatic rings. The maximum absolute atomic E-state index is 11.5. The van der Waals surface area contributed by atoms with Crippen LogP contribution < -0.4 is 5.32 Å². The van der Waals surface area contributed by atoms with Crippen molar-refractivity contribution < 1.29 is 4.79 Å². The smallest absolute Gasteiger partial charge is 0.146 e. The quantitative estimate of drug-likeness (QED) is 0.712. The second kappa shape index (κ2) is 6.18.